The van der Waals surface area contributed by atoms with Crippen LogP contribution in [-0.4, -0.2) is 31.1 Å². The van der Waals surface area contributed by atoms with Crippen LogP contribution in [0.5, 0.6) is 0 Å². The Morgan fingerprint density at radius 3 is 2.62 bits per heavy atom. The van der Waals surface area contributed by atoms with E-state index in [0.717, 1.165) is 19.3 Å². The number of ether oxygens (including phenoxy) is 3. The molecule has 5 fully saturated rings. The van der Waals surface area contributed by atoms with Crippen LogP contribution in [-0.2, 0) is 24.0 Å². The van der Waals surface area contributed by atoms with Gasteiger partial charge in [0.05, 0.1) is 0 Å². The molecule has 4 heterocycles. The summed E-state index contributed by atoms with van der Waals surface area (Å²) < 4.78 is 17.9. The van der Waals surface area contributed by atoms with Gasteiger partial charge in [0.25, 0.3) is 0 Å². The van der Waals surface area contributed by atoms with Crippen molar-refractivity contribution < 1.29 is 24.0 Å². The van der Waals surface area contributed by atoms with E-state index in [0.29, 0.717) is 17.8 Å². The molecule has 5 nitrogen and oxygen atoms in total. The average molecular weight is 298 g/mol. The molecule has 0 radical (unpaired) electrons. The molecule has 2 bridgehead atoms. The molecule has 0 aromatic rings. The second kappa shape index (κ2) is 4.65. The minimum Gasteiger partial charge on any atom is -0.355 e. The molecule has 0 amide bonds. The van der Waals surface area contributed by atoms with Crippen molar-refractivity contribution >= 4 is 0 Å². The molecule has 120 valence electrons. The van der Waals surface area contributed by atoms with Crippen LogP contribution in [0.3, 0.4) is 0 Å². The van der Waals surface area contributed by atoms with E-state index < -0.39 is 17.7 Å². The minimum atomic E-state index is -0.698. The lowest BCUT2D eigenvalue weighted by Gasteiger charge is -2.60. The smallest absolute Gasteiger partial charge is 0.201 e. The highest BCUT2D eigenvalue weighted by Gasteiger charge is 2.69. The Hall–Kier alpha value is -0.200. The monoisotopic (exact) mass is 298 g/mol. The fourth-order valence-corrected chi connectivity index (χ4v) is 5.14. The lowest BCUT2D eigenvalue weighted by Crippen LogP contribution is -2.70. The standard InChI is InChI=1S/C16H26O5/c1-9-5-6-12-10(2)13(17-4)18-14-16(12)11(9)7-8-15(3,19-14)20-21-16/h9-14H,5-8H2,1-4H3/t9-,10-,11+,12-,13-,14-,15+,16?/m1/s1. The van der Waals surface area contributed by atoms with E-state index in [1.807, 2.05) is 6.92 Å². The summed E-state index contributed by atoms with van der Waals surface area (Å²) in [6.07, 6.45) is 3.64. The predicted molar refractivity (Wildman–Crippen MR) is 73.8 cm³/mol. The van der Waals surface area contributed by atoms with E-state index in [9.17, 15) is 0 Å². The van der Waals surface area contributed by atoms with Gasteiger partial charge in [-0.1, -0.05) is 13.8 Å². The summed E-state index contributed by atoms with van der Waals surface area (Å²) in [5.74, 6) is 0.953. The molecular weight excluding hydrogens is 272 g/mol. The molecular formula is C16H26O5. The summed E-state index contributed by atoms with van der Waals surface area (Å²) in [5.41, 5.74) is -0.470. The molecule has 1 unspecified atom stereocenters. The first-order valence-electron chi connectivity index (χ1n) is 8.23. The van der Waals surface area contributed by atoms with Crippen LogP contribution in [0.15, 0.2) is 0 Å². The summed E-state index contributed by atoms with van der Waals surface area (Å²) in [4.78, 5) is 11.8. The van der Waals surface area contributed by atoms with Crippen LogP contribution >= 0.6 is 0 Å². The zero-order valence-corrected chi connectivity index (χ0v) is 13.3. The van der Waals surface area contributed by atoms with Crippen LogP contribution in [0, 0.1) is 23.7 Å². The van der Waals surface area contributed by atoms with Gasteiger partial charge in [-0.3, -0.25) is 0 Å². The van der Waals surface area contributed by atoms with E-state index in [1.54, 1.807) is 7.11 Å². The number of methoxy groups -OCH3 is 1. The maximum absolute atomic E-state index is 6.21. The lowest BCUT2D eigenvalue weighted by atomic mass is 9.58. The molecule has 1 spiro atoms. The molecule has 5 aliphatic rings. The number of hydrogen-bond donors (Lipinski definition) is 0. The first-order chi connectivity index (χ1) is 10.00. The average Bonchev–Trinajstić information content (AvgIpc) is 2.69. The number of hydrogen-bond acceptors (Lipinski definition) is 5. The van der Waals surface area contributed by atoms with Crippen molar-refractivity contribution in [3.8, 4) is 0 Å². The predicted octanol–water partition coefficient (Wildman–Crippen LogP) is 2.84. The second-order valence-corrected chi connectivity index (χ2v) is 7.51. The zero-order chi connectivity index (χ0) is 14.8. The molecule has 5 heteroatoms. The van der Waals surface area contributed by atoms with Gasteiger partial charge < -0.3 is 14.2 Å². The van der Waals surface area contributed by atoms with Gasteiger partial charge in [0.1, 0.15) is 0 Å². The minimum absolute atomic E-state index is 0.230. The Bertz CT molecular complexity index is 429. The van der Waals surface area contributed by atoms with Crippen LogP contribution in [0.1, 0.15) is 46.5 Å². The maximum Gasteiger partial charge on any atom is 0.201 e. The first kappa shape index (κ1) is 14.4. The molecule has 0 N–H and O–H groups in total. The van der Waals surface area contributed by atoms with Gasteiger partial charge in [-0.25, -0.2) is 9.78 Å². The largest absolute Gasteiger partial charge is 0.355 e. The zero-order valence-electron chi connectivity index (χ0n) is 13.3. The fraction of sp³-hybridized carbons (Fsp3) is 1.00. The third-order valence-corrected chi connectivity index (χ3v) is 6.33. The highest BCUT2D eigenvalue weighted by Crippen LogP contribution is 2.60. The van der Waals surface area contributed by atoms with Gasteiger partial charge in [-0.05, 0) is 38.0 Å². The van der Waals surface area contributed by atoms with Gasteiger partial charge in [-0.15, -0.1) is 0 Å². The van der Waals surface area contributed by atoms with Gasteiger partial charge in [0, 0.05) is 25.4 Å². The molecule has 4 saturated heterocycles. The SMILES string of the molecule is CO[C@@H]1O[C@@H]2O[C@]3(C)CC[C@H]4[C@H](C)CC[C@H]([C@H]1C)C24OO3. The van der Waals surface area contributed by atoms with Crippen LogP contribution in [0.25, 0.3) is 0 Å². The topological polar surface area (TPSA) is 46.2 Å². The normalized spacial score (nSPS) is 59.4. The van der Waals surface area contributed by atoms with Crippen molar-refractivity contribution in [2.24, 2.45) is 23.7 Å². The quantitative estimate of drug-likeness (QED) is 0.697. The molecule has 21 heavy (non-hydrogen) atoms. The van der Waals surface area contributed by atoms with Crippen molar-refractivity contribution in [1.82, 2.24) is 0 Å². The van der Waals surface area contributed by atoms with E-state index in [-0.39, 0.29) is 12.2 Å². The summed E-state index contributed by atoms with van der Waals surface area (Å²) in [6, 6.07) is 0. The summed E-state index contributed by atoms with van der Waals surface area (Å²) in [5, 5.41) is 0. The molecule has 1 aliphatic carbocycles. The van der Waals surface area contributed by atoms with Crippen LogP contribution < -0.4 is 0 Å². The summed E-state index contributed by atoms with van der Waals surface area (Å²) in [7, 11) is 1.70. The highest BCUT2D eigenvalue weighted by molar-refractivity contribution is 5.08. The second-order valence-electron chi connectivity index (χ2n) is 7.51. The fourth-order valence-electron chi connectivity index (χ4n) is 5.14. The van der Waals surface area contributed by atoms with Gasteiger partial charge in [0.2, 0.25) is 5.79 Å². The van der Waals surface area contributed by atoms with Crippen molar-refractivity contribution in [1.29, 1.82) is 0 Å². The molecule has 4 aliphatic heterocycles. The Kier molecular flexibility index (Phi) is 3.19. The van der Waals surface area contributed by atoms with Crippen LogP contribution in [0.4, 0.5) is 0 Å². The number of fused-ring (bicyclic) bond motifs is 2. The van der Waals surface area contributed by atoms with Gasteiger partial charge in [-0.2, -0.15) is 0 Å². The van der Waals surface area contributed by atoms with Crippen molar-refractivity contribution in [2.45, 2.75) is 70.4 Å². The van der Waals surface area contributed by atoms with Gasteiger partial charge in [0.15, 0.2) is 18.2 Å². The van der Waals surface area contributed by atoms with E-state index >= 15 is 0 Å². The summed E-state index contributed by atoms with van der Waals surface area (Å²) >= 11 is 0. The van der Waals surface area contributed by atoms with E-state index in [1.165, 1.54) is 6.42 Å². The van der Waals surface area contributed by atoms with Crippen LogP contribution in [0.2, 0.25) is 0 Å². The highest BCUT2D eigenvalue weighted by atomic mass is 17.3. The molecule has 1 saturated carbocycles. The van der Waals surface area contributed by atoms with Crippen molar-refractivity contribution in [3.05, 3.63) is 0 Å². The Morgan fingerprint density at radius 2 is 1.86 bits per heavy atom. The van der Waals surface area contributed by atoms with Crippen molar-refractivity contribution in [2.75, 3.05) is 7.11 Å². The van der Waals surface area contributed by atoms with E-state index in [2.05, 4.69) is 13.8 Å². The van der Waals surface area contributed by atoms with Gasteiger partial charge >= 0.3 is 0 Å². The first-order valence-corrected chi connectivity index (χ1v) is 8.23. The molecule has 0 aromatic heterocycles. The maximum atomic E-state index is 6.21. The molecule has 5 rings (SSSR count). The third kappa shape index (κ3) is 1.81. The molecule has 0 aromatic carbocycles. The summed E-state index contributed by atoms with van der Waals surface area (Å²) in [6.45, 7) is 6.46. The lowest BCUT2D eigenvalue weighted by molar-refractivity contribution is -0.577. The number of rotatable bonds is 1. The Morgan fingerprint density at radius 1 is 1.05 bits per heavy atom. The molecule has 8 atom stereocenters. The Labute approximate surface area is 126 Å². The third-order valence-electron chi connectivity index (χ3n) is 6.33. The van der Waals surface area contributed by atoms with E-state index in [4.69, 9.17) is 24.0 Å². The Balaban J connectivity index is 1.79. The van der Waals surface area contributed by atoms with Crippen molar-refractivity contribution in [3.63, 3.8) is 0 Å².